The lowest BCUT2D eigenvalue weighted by Crippen LogP contribution is -2.18. The van der Waals surface area contributed by atoms with Gasteiger partial charge in [-0.15, -0.1) is 0 Å². The molecule has 1 aromatic carbocycles. The van der Waals surface area contributed by atoms with E-state index >= 15 is 0 Å². The molecular formula is C15H16O7. The van der Waals surface area contributed by atoms with Gasteiger partial charge in [0.2, 0.25) is 0 Å². The zero-order valence-corrected chi connectivity index (χ0v) is 12.2. The second kappa shape index (κ2) is 7.37. The number of carbonyl (C=O) groups is 3. The zero-order valence-electron chi connectivity index (χ0n) is 12.2. The van der Waals surface area contributed by atoms with Crippen molar-refractivity contribution in [1.29, 1.82) is 0 Å². The van der Waals surface area contributed by atoms with Crippen LogP contribution in [0.25, 0.3) is 0 Å². The molecule has 0 amide bonds. The number of esters is 2. The number of carbonyl (C=O) groups excluding carboxylic acids is 2. The van der Waals surface area contributed by atoms with Gasteiger partial charge < -0.3 is 19.7 Å². The minimum Gasteiger partial charge on any atom is -0.478 e. The van der Waals surface area contributed by atoms with Crippen molar-refractivity contribution < 1.29 is 34.1 Å². The maximum Gasteiger partial charge on any atom is 0.339 e. The van der Waals surface area contributed by atoms with E-state index < -0.39 is 24.0 Å². The average Bonchev–Trinajstić information content (AvgIpc) is 2.46. The molecule has 22 heavy (non-hydrogen) atoms. The van der Waals surface area contributed by atoms with Gasteiger partial charge in [0.1, 0.15) is 5.75 Å². The van der Waals surface area contributed by atoms with Crippen molar-refractivity contribution in [3.8, 4) is 5.75 Å². The Balaban J connectivity index is 3.58. The lowest BCUT2D eigenvalue weighted by atomic mass is 9.95. The van der Waals surface area contributed by atoms with Crippen LogP contribution in [0.4, 0.5) is 0 Å². The van der Waals surface area contributed by atoms with Gasteiger partial charge in [-0.25, -0.2) is 14.4 Å². The number of carboxylic acid groups (broad SMARTS) is 1. The number of aliphatic hydroxyl groups is 1. The van der Waals surface area contributed by atoms with Crippen molar-refractivity contribution in [3.63, 3.8) is 0 Å². The molecule has 0 spiro atoms. The number of aromatic carboxylic acids is 1. The van der Waals surface area contributed by atoms with Crippen LogP contribution in [-0.2, 0) is 16.0 Å². The smallest absolute Gasteiger partial charge is 0.339 e. The fraction of sp³-hybridized carbons (Fsp3) is 0.267. The van der Waals surface area contributed by atoms with Crippen molar-refractivity contribution in [2.45, 2.75) is 19.4 Å². The molecule has 0 aromatic heterocycles. The Hall–Kier alpha value is -2.67. The SMILES string of the molecule is C=CC(=O)Oc1ccc(C(=O)O)c(C(=O)OC)c1CC(C)O. The number of carboxylic acids is 1. The quantitative estimate of drug-likeness (QED) is 0.461. The highest BCUT2D eigenvalue weighted by molar-refractivity contribution is 6.04. The summed E-state index contributed by atoms with van der Waals surface area (Å²) in [6, 6.07) is 2.38. The molecule has 1 rings (SSSR count). The van der Waals surface area contributed by atoms with Gasteiger partial charge in [-0.1, -0.05) is 6.58 Å². The van der Waals surface area contributed by atoms with Crippen LogP contribution in [0.3, 0.4) is 0 Å². The van der Waals surface area contributed by atoms with Gasteiger partial charge in [0.05, 0.1) is 24.3 Å². The summed E-state index contributed by atoms with van der Waals surface area (Å²) >= 11 is 0. The van der Waals surface area contributed by atoms with E-state index in [0.29, 0.717) is 0 Å². The fourth-order valence-electron chi connectivity index (χ4n) is 1.89. The van der Waals surface area contributed by atoms with Crippen LogP contribution < -0.4 is 4.74 Å². The molecule has 0 fully saturated rings. The van der Waals surface area contributed by atoms with Gasteiger partial charge in [0.25, 0.3) is 0 Å². The summed E-state index contributed by atoms with van der Waals surface area (Å²) in [5.74, 6) is -3.04. The van der Waals surface area contributed by atoms with Crippen LogP contribution in [0, 0.1) is 0 Å². The summed E-state index contributed by atoms with van der Waals surface area (Å²) in [6.45, 7) is 4.71. The van der Waals surface area contributed by atoms with Crippen molar-refractivity contribution in [2.75, 3.05) is 7.11 Å². The van der Waals surface area contributed by atoms with Crippen molar-refractivity contribution >= 4 is 17.9 Å². The lowest BCUT2D eigenvalue weighted by molar-refractivity contribution is -0.129. The summed E-state index contributed by atoms with van der Waals surface area (Å²) in [4.78, 5) is 34.5. The van der Waals surface area contributed by atoms with Crippen LogP contribution in [-0.4, -0.2) is 41.3 Å². The summed E-state index contributed by atoms with van der Waals surface area (Å²) in [5, 5.41) is 18.8. The van der Waals surface area contributed by atoms with E-state index in [1.165, 1.54) is 13.0 Å². The molecule has 0 saturated carbocycles. The van der Waals surface area contributed by atoms with Crippen LogP contribution in [0.5, 0.6) is 5.75 Å². The molecule has 1 aromatic rings. The van der Waals surface area contributed by atoms with Crippen LogP contribution in [0.2, 0.25) is 0 Å². The first-order valence-corrected chi connectivity index (χ1v) is 6.31. The van der Waals surface area contributed by atoms with E-state index in [4.69, 9.17) is 4.74 Å². The van der Waals surface area contributed by atoms with E-state index in [1.54, 1.807) is 0 Å². The standard InChI is InChI=1S/C15H16O7/c1-4-12(17)22-11-6-5-9(14(18)19)13(15(20)21-3)10(11)7-8(2)16/h4-6,8,16H,1,7H2,2-3H3,(H,18,19). The molecule has 0 aliphatic carbocycles. The molecule has 0 radical (unpaired) electrons. The molecule has 118 valence electrons. The number of benzene rings is 1. The minimum absolute atomic E-state index is 0.0313. The third-order valence-electron chi connectivity index (χ3n) is 2.77. The normalized spacial score (nSPS) is 11.4. The van der Waals surface area contributed by atoms with Gasteiger partial charge >= 0.3 is 17.9 Å². The second-order valence-corrected chi connectivity index (χ2v) is 4.44. The molecule has 0 bridgehead atoms. The van der Waals surface area contributed by atoms with Crippen molar-refractivity contribution in [1.82, 2.24) is 0 Å². The number of methoxy groups -OCH3 is 1. The third-order valence-corrected chi connectivity index (χ3v) is 2.77. The maximum atomic E-state index is 11.9. The van der Waals surface area contributed by atoms with E-state index in [1.807, 2.05) is 0 Å². The molecule has 1 atom stereocenters. The Morgan fingerprint density at radius 2 is 2.00 bits per heavy atom. The predicted molar refractivity (Wildman–Crippen MR) is 76.0 cm³/mol. The molecule has 0 aliphatic rings. The van der Waals surface area contributed by atoms with E-state index in [0.717, 1.165) is 19.3 Å². The molecule has 7 nitrogen and oxygen atoms in total. The topological polar surface area (TPSA) is 110 Å². The van der Waals surface area contributed by atoms with E-state index in [-0.39, 0.29) is 28.9 Å². The highest BCUT2D eigenvalue weighted by Gasteiger charge is 2.26. The molecule has 0 heterocycles. The van der Waals surface area contributed by atoms with Gasteiger partial charge in [0, 0.05) is 18.1 Å². The highest BCUT2D eigenvalue weighted by Crippen LogP contribution is 2.28. The fourth-order valence-corrected chi connectivity index (χ4v) is 1.89. The second-order valence-electron chi connectivity index (χ2n) is 4.44. The summed E-state index contributed by atoms with van der Waals surface area (Å²) in [7, 11) is 1.10. The van der Waals surface area contributed by atoms with E-state index in [9.17, 15) is 24.6 Å². The number of hydrogen-bond acceptors (Lipinski definition) is 6. The minimum atomic E-state index is -1.34. The number of ether oxygens (including phenoxy) is 2. The third kappa shape index (κ3) is 3.92. The van der Waals surface area contributed by atoms with Gasteiger partial charge in [0.15, 0.2) is 0 Å². The lowest BCUT2D eigenvalue weighted by Gasteiger charge is -2.16. The first kappa shape index (κ1) is 17.4. The molecule has 0 saturated heterocycles. The predicted octanol–water partition coefficient (Wildman–Crippen LogP) is 1.19. The van der Waals surface area contributed by atoms with Crippen LogP contribution in [0.15, 0.2) is 24.8 Å². The average molecular weight is 308 g/mol. The Morgan fingerprint density at radius 3 is 2.45 bits per heavy atom. The van der Waals surface area contributed by atoms with E-state index in [2.05, 4.69) is 11.3 Å². The van der Waals surface area contributed by atoms with Gasteiger partial charge in [-0.2, -0.15) is 0 Å². The largest absolute Gasteiger partial charge is 0.478 e. The Bertz CT molecular complexity index is 617. The Kier molecular flexibility index (Phi) is 5.82. The van der Waals surface area contributed by atoms with Crippen LogP contribution >= 0.6 is 0 Å². The first-order chi connectivity index (χ1) is 10.3. The first-order valence-electron chi connectivity index (χ1n) is 6.31. The molecule has 1 unspecified atom stereocenters. The molecule has 2 N–H and O–H groups in total. The number of rotatable bonds is 6. The monoisotopic (exact) mass is 308 g/mol. The van der Waals surface area contributed by atoms with Gasteiger partial charge in [-0.05, 0) is 19.1 Å². The van der Waals surface area contributed by atoms with Crippen molar-refractivity contribution in [2.24, 2.45) is 0 Å². The van der Waals surface area contributed by atoms with Crippen LogP contribution in [0.1, 0.15) is 33.2 Å². The number of aliphatic hydroxyl groups excluding tert-OH is 1. The molecule has 7 heteroatoms. The Morgan fingerprint density at radius 1 is 1.36 bits per heavy atom. The summed E-state index contributed by atoms with van der Waals surface area (Å²) < 4.78 is 9.59. The Labute approximate surface area is 126 Å². The zero-order chi connectivity index (χ0) is 16.9. The summed E-state index contributed by atoms with van der Waals surface area (Å²) in [6.07, 6.45) is -0.0611. The van der Waals surface area contributed by atoms with Crippen molar-refractivity contribution in [3.05, 3.63) is 41.5 Å². The number of hydrogen-bond donors (Lipinski definition) is 2. The molecule has 0 aliphatic heterocycles. The summed E-state index contributed by atoms with van der Waals surface area (Å²) in [5.41, 5.74) is -0.483. The van der Waals surface area contributed by atoms with Gasteiger partial charge in [-0.3, -0.25) is 0 Å². The highest BCUT2D eigenvalue weighted by atomic mass is 16.5. The maximum absolute atomic E-state index is 11.9. The molecular weight excluding hydrogens is 292 g/mol.